The van der Waals surface area contributed by atoms with Gasteiger partial charge in [-0.1, -0.05) is 48.5 Å². The lowest BCUT2D eigenvalue weighted by molar-refractivity contribution is 0.669. The first-order valence-corrected chi connectivity index (χ1v) is 7.54. The minimum Gasteiger partial charge on any atom is -0.456 e. The lowest BCUT2D eigenvalue weighted by Gasteiger charge is -2.03. The number of furan rings is 1. The molecule has 0 fully saturated rings. The van der Waals surface area contributed by atoms with Crippen molar-refractivity contribution in [2.45, 2.75) is 6.92 Å². The van der Waals surface area contributed by atoms with Crippen molar-refractivity contribution in [3.63, 3.8) is 0 Å². The lowest BCUT2D eigenvalue weighted by atomic mass is 9.99. The van der Waals surface area contributed by atoms with Crippen LogP contribution in [0.15, 0.2) is 71.1 Å². The smallest absolute Gasteiger partial charge is 0.136 e. The van der Waals surface area contributed by atoms with E-state index in [2.05, 4.69) is 73.7 Å². The minimum atomic E-state index is 0.962. The number of hydrogen-bond donors (Lipinski definition) is 0. The number of rotatable bonds is 0. The van der Waals surface area contributed by atoms with Crippen LogP contribution in [-0.4, -0.2) is 0 Å². The van der Waals surface area contributed by atoms with Crippen molar-refractivity contribution in [3.05, 3.63) is 72.3 Å². The molecule has 4 aromatic carbocycles. The average molecular weight is 282 g/mol. The van der Waals surface area contributed by atoms with Crippen LogP contribution in [0, 0.1) is 6.92 Å². The van der Waals surface area contributed by atoms with Crippen LogP contribution in [0.5, 0.6) is 0 Å². The summed E-state index contributed by atoms with van der Waals surface area (Å²) in [6, 6.07) is 23.6. The van der Waals surface area contributed by atoms with Gasteiger partial charge in [0.25, 0.3) is 0 Å². The number of fused-ring (bicyclic) bond motifs is 6. The highest BCUT2D eigenvalue weighted by Gasteiger charge is 2.12. The fourth-order valence-electron chi connectivity index (χ4n) is 3.50. The SMILES string of the molecule is Cc1cc2oc3cc4ccccc4cc3c2c2ccccc12. The van der Waals surface area contributed by atoms with Crippen LogP contribution in [0.3, 0.4) is 0 Å². The van der Waals surface area contributed by atoms with Crippen LogP contribution in [0.25, 0.3) is 43.5 Å². The van der Waals surface area contributed by atoms with Gasteiger partial charge in [0, 0.05) is 10.8 Å². The molecule has 104 valence electrons. The predicted molar refractivity (Wildman–Crippen MR) is 93.5 cm³/mol. The molecule has 1 nitrogen and oxygen atoms in total. The Balaban J connectivity index is 2.09. The second-order valence-corrected chi connectivity index (χ2v) is 5.91. The number of benzene rings is 4. The topological polar surface area (TPSA) is 13.1 Å². The second-order valence-electron chi connectivity index (χ2n) is 5.91. The first-order valence-electron chi connectivity index (χ1n) is 7.54. The third-order valence-electron chi connectivity index (χ3n) is 4.55. The maximum Gasteiger partial charge on any atom is 0.136 e. The highest BCUT2D eigenvalue weighted by Crippen LogP contribution is 2.37. The van der Waals surface area contributed by atoms with Crippen LogP contribution in [0.4, 0.5) is 0 Å². The van der Waals surface area contributed by atoms with Crippen LogP contribution in [0.2, 0.25) is 0 Å². The Morgan fingerprint density at radius 3 is 2.14 bits per heavy atom. The van der Waals surface area contributed by atoms with E-state index in [1.165, 1.54) is 37.9 Å². The average Bonchev–Trinajstić information content (AvgIpc) is 2.90. The van der Waals surface area contributed by atoms with E-state index < -0.39 is 0 Å². The van der Waals surface area contributed by atoms with E-state index in [4.69, 9.17) is 4.42 Å². The molecule has 0 saturated heterocycles. The molecule has 1 heteroatoms. The summed E-state index contributed by atoms with van der Waals surface area (Å²) in [5.41, 5.74) is 3.19. The zero-order valence-corrected chi connectivity index (χ0v) is 12.3. The van der Waals surface area contributed by atoms with Gasteiger partial charge in [0.05, 0.1) is 0 Å². The van der Waals surface area contributed by atoms with E-state index >= 15 is 0 Å². The van der Waals surface area contributed by atoms with Crippen LogP contribution < -0.4 is 0 Å². The quantitative estimate of drug-likeness (QED) is 0.329. The Morgan fingerprint density at radius 1 is 0.636 bits per heavy atom. The Bertz CT molecular complexity index is 1180. The molecular weight excluding hydrogens is 268 g/mol. The molecule has 0 atom stereocenters. The van der Waals surface area contributed by atoms with Gasteiger partial charge < -0.3 is 4.42 Å². The Labute approximate surface area is 127 Å². The first-order chi connectivity index (χ1) is 10.8. The van der Waals surface area contributed by atoms with E-state index in [1.807, 2.05) is 0 Å². The van der Waals surface area contributed by atoms with E-state index in [9.17, 15) is 0 Å². The summed E-state index contributed by atoms with van der Waals surface area (Å²) in [7, 11) is 0. The molecule has 22 heavy (non-hydrogen) atoms. The van der Waals surface area contributed by atoms with Gasteiger partial charge in [-0.2, -0.15) is 0 Å². The lowest BCUT2D eigenvalue weighted by Crippen LogP contribution is -1.79. The molecule has 5 rings (SSSR count). The maximum absolute atomic E-state index is 6.15. The minimum absolute atomic E-state index is 0.962. The van der Waals surface area contributed by atoms with Gasteiger partial charge in [0.2, 0.25) is 0 Å². The van der Waals surface area contributed by atoms with Crippen molar-refractivity contribution in [2.75, 3.05) is 0 Å². The normalized spacial score (nSPS) is 11.9. The Hall–Kier alpha value is -2.80. The molecule has 0 spiro atoms. The van der Waals surface area contributed by atoms with E-state index in [0.717, 1.165) is 11.2 Å². The predicted octanol–water partition coefficient (Wildman–Crippen LogP) is 6.20. The zero-order chi connectivity index (χ0) is 14.7. The third-order valence-corrected chi connectivity index (χ3v) is 4.55. The molecule has 0 amide bonds. The van der Waals surface area contributed by atoms with E-state index in [-0.39, 0.29) is 0 Å². The molecule has 1 heterocycles. The summed E-state index contributed by atoms with van der Waals surface area (Å²) < 4.78 is 6.15. The van der Waals surface area contributed by atoms with Crippen LogP contribution in [0.1, 0.15) is 5.56 Å². The van der Waals surface area contributed by atoms with Crippen molar-refractivity contribution in [3.8, 4) is 0 Å². The first kappa shape index (κ1) is 11.8. The monoisotopic (exact) mass is 282 g/mol. The van der Waals surface area contributed by atoms with Crippen molar-refractivity contribution in [2.24, 2.45) is 0 Å². The van der Waals surface area contributed by atoms with Crippen molar-refractivity contribution in [1.82, 2.24) is 0 Å². The van der Waals surface area contributed by atoms with Gasteiger partial charge in [-0.3, -0.25) is 0 Å². The largest absolute Gasteiger partial charge is 0.456 e. The molecule has 0 radical (unpaired) electrons. The van der Waals surface area contributed by atoms with Gasteiger partial charge in [0.15, 0.2) is 0 Å². The summed E-state index contributed by atoms with van der Waals surface area (Å²) in [5, 5.41) is 7.46. The van der Waals surface area contributed by atoms with Crippen molar-refractivity contribution >= 4 is 43.5 Å². The second kappa shape index (κ2) is 4.11. The highest BCUT2D eigenvalue weighted by molar-refractivity contribution is 6.21. The summed E-state index contributed by atoms with van der Waals surface area (Å²) in [6.07, 6.45) is 0. The maximum atomic E-state index is 6.15. The third kappa shape index (κ3) is 1.48. The standard InChI is InChI=1S/C21H14O/c1-13-10-20-21(17-9-5-4-8-16(13)17)18-11-14-6-2-3-7-15(14)12-19(18)22-20/h2-12H,1H3. The molecule has 1 aromatic heterocycles. The van der Waals surface area contributed by atoms with Gasteiger partial charge in [0.1, 0.15) is 11.2 Å². The highest BCUT2D eigenvalue weighted by atomic mass is 16.3. The van der Waals surface area contributed by atoms with Crippen molar-refractivity contribution < 1.29 is 4.42 Å². The van der Waals surface area contributed by atoms with Gasteiger partial charge in [-0.15, -0.1) is 0 Å². The van der Waals surface area contributed by atoms with Gasteiger partial charge in [-0.05, 0) is 52.2 Å². The summed E-state index contributed by atoms with van der Waals surface area (Å²) in [4.78, 5) is 0. The molecule has 0 bridgehead atoms. The van der Waals surface area contributed by atoms with E-state index in [0.29, 0.717) is 0 Å². The Morgan fingerprint density at radius 2 is 1.32 bits per heavy atom. The molecule has 5 aromatic rings. The summed E-state index contributed by atoms with van der Waals surface area (Å²) in [5.74, 6) is 0. The van der Waals surface area contributed by atoms with Gasteiger partial charge in [-0.25, -0.2) is 0 Å². The molecule has 0 aliphatic carbocycles. The Kier molecular flexibility index (Phi) is 2.21. The van der Waals surface area contributed by atoms with Crippen molar-refractivity contribution in [1.29, 1.82) is 0 Å². The van der Waals surface area contributed by atoms with Crippen LogP contribution in [-0.2, 0) is 0 Å². The molecular formula is C21H14O. The fourth-order valence-corrected chi connectivity index (χ4v) is 3.50. The summed E-state index contributed by atoms with van der Waals surface area (Å²) >= 11 is 0. The number of hydrogen-bond acceptors (Lipinski definition) is 1. The van der Waals surface area contributed by atoms with E-state index in [1.54, 1.807) is 0 Å². The molecule has 0 aliphatic rings. The fraction of sp³-hybridized carbons (Fsp3) is 0.0476. The molecule has 0 aliphatic heterocycles. The number of aryl methyl sites for hydroxylation is 1. The molecule has 0 unspecified atom stereocenters. The summed E-state index contributed by atoms with van der Waals surface area (Å²) in [6.45, 7) is 2.14. The molecule has 0 N–H and O–H groups in total. The molecule has 0 saturated carbocycles. The van der Waals surface area contributed by atoms with Gasteiger partial charge >= 0.3 is 0 Å². The van der Waals surface area contributed by atoms with Crippen LogP contribution >= 0.6 is 0 Å². The zero-order valence-electron chi connectivity index (χ0n) is 12.3.